The first kappa shape index (κ1) is 20.2. The number of ether oxygens (including phenoxy) is 2. The minimum Gasteiger partial charge on any atom is -0.490 e. The number of piperidine rings is 1. The summed E-state index contributed by atoms with van der Waals surface area (Å²) in [6.45, 7) is 5.67. The molecule has 0 aliphatic carbocycles. The molecule has 0 amide bonds. The summed E-state index contributed by atoms with van der Waals surface area (Å²) < 4.78 is 11.9. The molecule has 1 aromatic heterocycles. The molecule has 0 N–H and O–H groups in total. The minimum absolute atomic E-state index is 0.554. The van der Waals surface area contributed by atoms with Crippen molar-refractivity contribution >= 4 is 5.69 Å². The summed E-state index contributed by atoms with van der Waals surface area (Å²) in [5.41, 5.74) is 2.43. The van der Waals surface area contributed by atoms with Gasteiger partial charge in [-0.15, -0.1) is 0 Å². The third-order valence-electron chi connectivity index (χ3n) is 6.34. The molecular formula is C24H33N3O2. The Kier molecular flexibility index (Phi) is 7.01. The molecule has 0 radical (unpaired) electrons. The van der Waals surface area contributed by atoms with Crippen molar-refractivity contribution in [1.82, 2.24) is 9.88 Å². The van der Waals surface area contributed by atoms with Crippen LogP contribution in [0.1, 0.15) is 31.2 Å². The fourth-order valence-corrected chi connectivity index (χ4v) is 4.13. The second kappa shape index (κ2) is 10.1. The smallest absolute Gasteiger partial charge is 0.139 e. The quantitative estimate of drug-likeness (QED) is 0.600. The third-order valence-corrected chi connectivity index (χ3v) is 6.34. The number of hydrogen-bond acceptors (Lipinski definition) is 5. The highest BCUT2D eigenvalue weighted by Crippen LogP contribution is 2.27. The Morgan fingerprint density at radius 3 is 2.59 bits per heavy atom. The van der Waals surface area contributed by atoms with E-state index >= 15 is 0 Å². The van der Waals surface area contributed by atoms with Crippen molar-refractivity contribution in [3.05, 3.63) is 54.4 Å². The van der Waals surface area contributed by atoms with Gasteiger partial charge in [0.05, 0.1) is 24.7 Å². The maximum absolute atomic E-state index is 5.99. The van der Waals surface area contributed by atoms with E-state index in [2.05, 4.69) is 52.2 Å². The summed E-state index contributed by atoms with van der Waals surface area (Å²) in [5.74, 6) is 1.64. The van der Waals surface area contributed by atoms with Crippen molar-refractivity contribution in [1.29, 1.82) is 0 Å². The number of hydrogen-bond donors (Lipinski definition) is 0. The van der Waals surface area contributed by atoms with Crippen LogP contribution in [0.4, 0.5) is 5.69 Å². The van der Waals surface area contributed by atoms with Gasteiger partial charge in [-0.3, -0.25) is 9.88 Å². The van der Waals surface area contributed by atoms with Gasteiger partial charge in [-0.25, -0.2) is 0 Å². The Morgan fingerprint density at radius 1 is 1.03 bits per heavy atom. The van der Waals surface area contributed by atoms with Crippen LogP contribution < -0.4 is 9.64 Å². The van der Waals surface area contributed by atoms with Gasteiger partial charge in [0.15, 0.2) is 0 Å². The highest BCUT2D eigenvalue weighted by atomic mass is 16.5. The van der Waals surface area contributed by atoms with Gasteiger partial charge < -0.3 is 14.4 Å². The summed E-state index contributed by atoms with van der Waals surface area (Å²) in [4.78, 5) is 9.19. The first-order valence-electron chi connectivity index (χ1n) is 10.9. The van der Waals surface area contributed by atoms with Crippen LogP contribution >= 0.6 is 0 Å². The Bertz CT molecular complexity index is 747. The van der Waals surface area contributed by atoms with Crippen molar-refractivity contribution in [3.63, 3.8) is 0 Å². The van der Waals surface area contributed by atoms with Gasteiger partial charge in [-0.1, -0.05) is 30.3 Å². The van der Waals surface area contributed by atoms with Gasteiger partial charge in [-0.05, 0) is 50.8 Å². The monoisotopic (exact) mass is 395 g/mol. The average Bonchev–Trinajstić information content (AvgIpc) is 2.77. The minimum atomic E-state index is 0.554. The van der Waals surface area contributed by atoms with Crippen molar-refractivity contribution < 1.29 is 9.47 Å². The largest absolute Gasteiger partial charge is 0.490 e. The van der Waals surface area contributed by atoms with Crippen LogP contribution in [0, 0.1) is 5.92 Å². The Morgan fingerprint density at radius 2 is 1.86 bits per heavy atom. The van der Waals surface area contributed by atoms with Gasteiger partial charge in [0.1, 0.15) is 12.4 Å². The zero-order chi connectivity index (χ0) is 19.9. The number of anilines is 1. The van der Waals surface area contributed by atoms with Crippen LogP contribution in [-0.4, -0.2) is 55.8 Å². The van der Waals surface area contributed by atoms with Gasteiger partial charge in [-0.2, -0.15) is 0 Å². The predicted molar refractivity (Wildman–Crippen MR) is 116 cm³/mol. The number of likely N-dealkylation sites (N-methyl/N-ethyl adjacent to an activating group) is 1. The molecule has 2 aliphatic heterocycles. The first-order valence-corrected chi connectivity index (χ1v) is 10.9. The van der Waals surface area contributed by atoms with E-state index in [0.29, 0.717) is 6.04 Å². The Labute approximate surface area is 174 Å². The summed E-state index contributed by atoms with van der Waals surface area (Å²) in [6.07, 6.45) is 8.60. The van der Waals surface area contributed by atoms with E-state index < -0.39 is 0 Å². The molecule has 156 valence electrons. The standard InChI is InChI=1S/C24H33N3O2/c1-26-11-9-22(26)19-29-24-15-23(16-25-17-24)27-12-7-20(8-13-27)10-14-28-18-21-5-3-2-4-6-21/h2-6,15-17,20,22H,7-14,18-19H2,1H3/t22-/m0/s1. The molecule has 5 heteroatoms. The van der Waals surface area contributed by atoms with Crippen LogP contribution in [0.5, 0.6) is 5.75 Å². The summed E-state index contributed by atoms with van der Waals surface area (Å²) in [5, 5.41) is 0. The van der Waals surface area contributed by atoms with Gasteiger partial charge in [0.2, 0.25) is 0 Å². The van der Waals surface area contributed by atoms with Gasteiger partial charge >= 0.3 is 0 Å². The number of likely N-dealkylation sites (tertiary alicyclic amines) is 1. The lowest BCUT2D eigenvalue weighted by Gasteiger charge is -2.37. The van der Waals surface area contributed by atoms with Crippen LogP contribution in [0.25, 0.3) is 0 Å². The van der Waals surface area contributed by atoms with E-state index in [1.807, 2.05) is 18.5 Å². The molecule has 5 nitrogen and oxygen atoms in total. The second-order valence-corrected chi connectivity index (χ2v) is 8.37. The molecule has 1 atom stereocenters. The molecule has 29 heavy (non-hydrogen) atoms. The molecule has 0 unspecified atom stereocenters. The highest BCUT2D eigenvalue weighted by molar-refractivity contribution is 5.48. The molecule has 4 rings (SSSR count). The molecular weight excluding hydrogens is 362 g/mol. The number of benzene rings is 1. The molecule has 2 fully saturated rings. The van der Waals surface area contributed by atoms with Crippen molar-refractivity contribution in [2.24, 2.45) is 5.92 Å². The molecule has 3 heterocycles. The van der Waals surface area contributed by atoms with Crippen molar-refractivity contribution in [2.75, 3.05) is 44.8 Å². The second-order valence-electron chi connectivity index (χ2n) is 8.37. The van der Waals surface area contributed by atoms with Crippen molar-refractivity contribution in [3.8, 4) is 5.75 Å². The highest BCUT2D eigenvalue weighted by Gasteiger charge is 2.25. The van der Waals surface area contributed by atoms with Crippen LogP contribution in [-0.2, 0) is 11.3 Å². The zero-order valence-electron chi connectivity index (χ0n) is 17.5. The summed E-state index contributed by atoms with van der Waals surface area (Å²) >= 11 is 0. The average molecular weight is 396 g/mol. The molecule has 2 aromatic rings. The van der Waals surface area contributed by atoms with E-state index in [1.165, 1.54) is 37.1 Å². The number of aromatic nitrogens is 1. The number of rotatable bonds is 9. The lowest BCUT2D eigenvalue weighted by atomic mass is 9.94. The van der Waals surface area contributed by atoms with E-state index in [9.17, 15) is 0 Å². The molecule has 1 aromatic carbocycles. The normalized spacial score (nSPS) is 20.4. The van der Waals surface area contributed by atoms with Crippen LogP contribution in [0.2, 0.25) is 0 Å². The predicted octanol–water partition coefficient (Wildman–Crippen LogP) is 3.99. The van der Waals surface area contributed by atoms with E-state index in [-0.39, 0.29) is 0 Å². The maximum Gasteiger partial charge on any atom is 0.139 e. The van der Waals surface area contributed by atoms with Crippen LogP contribution in [0.3, 0.4) is 0 Å². The van der Waals surface area contributed by atoms with Crippen LogP contribution in [0.15, 0.2) is 48.8 Å². The first-order chi connectivity index (χ1) is 14.3. The molecule has 0 spiro atoms. The van der Waals surface area contributed by atoms with E-state index in [1.54, 1.807) is 0 Å². The van der Waals surface area contributed by atoms with E-state index in [0.717, 1.165) is 51.0 Å². The Hall–Kier alpha value is -2.11. The molecule has 0 bridgehead atoms. The lowest BCUT2D eigenvalue weighted by molar-refractivity contribution is 0.0767. The van der Waals surface area contributed by atoms with Crippen molar-refractivity contribution in [2.45, 2.75) is 38.3 Å². The third kappa shape index (κ3) is 5.71. The maximum atomic E-state index is 5.99. The SMILES string of the molecule is CN1CC[C@H]1COc1cncc(N2CCC(CCOCc3ccccc3)CC2)c1. The van der Waals surface area contributed by atoms with Gasteiger partial charge in [0.25, 0.3) is 0 Å². The molecule has 0 saturated carbocycles. The fraction of sp³-hybridized carbons (Fsp3) is 0.542. The lowest BCUT2D eigenvalue weighted by Crippen LogP contribution is -2.48. The summed E-state index contributed by atoms with van der Waals surface area (Å²) in [6, 6.07) is 13.1. The van der Waals surface area contributed by atoms with Gasteiger partial charge in [0, 0.05) is 31.8 Å². The fourth-order valence-electron chi connectivity index (χ4n) is 4.13. The Balaban J connectivity index is 1.17. The summed E-state index contributed by atoms with van der Waals surface area (Å²) in [7, 11) is 2.16. The molecule has 2 aliphatic rings. The zero-order valence-corrected chi connectivity index (χ0v) is 17.5. The number of pyridine rings is 1. The topological polar surface area (TPSA) is 37.8 Å². The van der Waals surface area contributed by atoms with E-state index in [4.69, 9.17) is 9.47 Å². The molecule has 2 saturated heterocycles. The number of nitrogens with zero attached hydrogens (tertiary/aromatic N) is 3.